The van der Waals surface area contributed by atoms with Crippen molar-refractivity contribution in [2.75, 3.05) is 52.9 Å². The zero-order valence-electron chi connectivity index (χ0n) is 52.0. The number of aliphatic hydroxyl groups is 4. The number of unbranched alkanes of at least 4 members (excludes halogenated alkanes) is 20. The highest BCUT2D eigenvalue weighted by Crippen LogP contribution is 2.42. The molecule has 0 saturated carbocycles. The molecular formula is C72H104O12. The molecule has 84 heavy (non-hydrogen) atoms. The van der Waals surface area contributed by atoms with E-state index >= 15 is 0 Å². The van der Waals surface area contributed by atoms with Crippen molar-refractivity contribution in [2.45, 2.75) is 233 Å². The number of aliphatic hydroxyl groups excluding tert-OH is 4. The molecule has 1 aliphatic carbocycles. The Labute approximate surface area is 503 Å². The fraction of sp³-hybridized carbons (Fsp3) is 0.611. The number of rotatable bonds is 44. The van der Waals surface area contributed by atoms with Gasteiger partial charge in [0.15, 0.2) is 23.1 Å². The van der Waals surface area contributed by atoms with Crippen molar-refractivity contribution in [3.05, 3.63) is 115 Å². The number of carbonyl (C=O) groups is 4. The summed E-state index contributed by atoms with van der Waals surface area (Å²) in [5.74, 6) is 1.59. The Balaban J connectivity index is 1.88. The summed E-state index contributed by atoms with van der Waals surface area (Å²) >= 11 is 0. The SMILES string of the molecule is CCCCCCCCC(=O)c1cc2c(OCCO)c(c1)Cc1cc(C(=O)CCCCCCCC)cc(c1OCCO)Cc1cc(C(=O)CCCCCCCC)cc(c1OCCO)Cc1cc(C(=O)CCCCCCCC)cc(c1OCCO)C2. The molecule has 0 saturated heterocycles. The lowest BCUT2D eigenvalue weighted by molar-refractivity contribution is 0.0970. The van der Waals surface area contributed by atoms with Crippen molar-refractivity contribution >= 4 is 23.1 Å². The smallest absolute Gasteiger partial charge is 0.162 e. The van der Waals surface area contributed by atoms with E-state index in [0.29, 0.717) is 115 Å². The van der Waals surface area contributed by atoms with Crippen LogP contribution in [0.15, 0.2) is 48.5 Å². The van der Waals surface area contributed by atoms with Gasteiger partial charge in [-0.3, -0.25) is 19.2 Å². The molecule has 8 bridgehead atoms. The first-order chi connectivity index (χ1) is 41.0. The maximum absolute atomic E-state index is 14.6. The van der Waals surface area contributed by atoms with Gasteiger partial charge in [-0.25, -0.2) is 0 Å². The van der Waals surface area contributed by atoms with E-state index in [9.17, 15) is 39.6 Å². The van der Waals surface area contributed by atoms with Crippen LogP contribution in [0.25, 0.3) is 0 Å². The maximum atomic E-state index is 14.6. The van der Waals surface area contributed by atoms with Crippen LogP contribution in [0.4, 0.5) is 0 Å². The van der Waals surface area contributed by atoms with Crippen molar-refractivity contribution in [1.29, 1.82) is 0 Å². The molecule has 4 aromatic carbocycles. The second-order valence-corrected chi connectivity index (χ2v) is 23.3. The minimum Gasteiger partial charge on any atom is -0.491 e. The highest BCUT2D eigenvalue weighted by Gasteiger charge is 2.27. The van der Waals surface area contributed by atoms with Gasteiger partial charge in [-0.15, -0.1) is 0 Å². The van der Waals surface area contributed by atoms with E-state index in [-0.39, 0.29) is 102 Å². The third kappa shape index (κ3) is 22.8. The first-order valence-corrected chi connectivity index (χ1v) is 32.7. The number of benzene rings is 4. The molecule has 0 spiro atoms. The van der Waals surface area contributed by atoms with E-state index in [1.165, 1.54) is 0 Å². The Hall–Kier alpha value is -5.40. The predicted molar refractivity (Wildman–Crippen MR) is 337 cm³/mol. The molecule has 12 nitrogen and oxygen atoms in total. The molecular weight excluding hydrogens is 1060 g/mol. The second-order valence-electron chi connectivity index (χ2n) is 23.3. The zero-order chi connectivity index (χ0) is 60.3. The van der Waals surface area contributed by atoms with Crippen LogP contribution in [0, 0.1) is 0 Å². The first kappa shape index (κ1) is 69.4. The van der Waals surface area contributed by atoms with Gasteiger partial charge in [-0.2, -0.15) is 0 Å². The van der Waals surface area contributed by atoms with Crippen molar-refractivity contribution < 1.29 is 58.6 Å². The van der Waals surface area contributed by atoms with Crippen LogP contribution in [0.1, 0.15) is 293 Å². The van der Waals surface area contributed by atoms with Gasteiger partial charge in [0.2, 0.25) is 0 Å². The number of carbonyl (C=O) groups excluding carboxylic acids is 4. The number of fused-ring (bicyclic) bond motifs is 8. The zero-order valence-corrected chi connectivity index (χ0v) is 52.0. The van der Waals surface area contributed by atoms with E-state index in [4.69, 9.17) is 18.9 Å². The van der Waals surface area contributed by atoms with Crippen molar-refractivity contribution in [1.82, 2.24) is 0 Å². The number of ketones is 4. The lowest BCUT2D eigenvalue weighted by Gasteiger charge is -2.24. The van der Waals surface area contributed by atoms with Crippen LogP contribution < -0.4 is 18.9 Å². The summed E-state index contributed by atoms with van der Waals surface area (Å²) in [6.07, 6.45) is 26.1. The molecule has 4 aromatic rings. The monoisotopic (exact) mass is 1160 g/mol. The Morgan fingerprint density at radius 2 is 0.452 bits per heavy atom. The molecule has 0 aromatic heterocycles. The van der Waals surface area contributed by atoms with Crippen LogP contribution in [-0.4, -0.2) is 96.4 Å². The Kier molecular flexibility index (Phi) is 33.1. The minimum atomic E-state index is -0.297. The van der Waals surface area contributed by atoms with Gasteiger partial charge in [0.25, 0.3) is 0 Å². The molecule has 0 radical (unpaired) electrons. The molecule has 0 unspecified atom stereocenters. The molecule has 0 amide bonds. The Morgan fingerprint density at radius 3 is 0.619 bits per heavy atom. The summed E-state index contributed by atoms with van der Waals surface area (Å²) in [6.45, 7) is 7.27. The highest BCUT2D eigenvalue weighted by atomic mass is 16.5. The topological polar surface area (TPSA) is 186 Å². The fourth-order valence-corrected chi connectivity index (χ4v) is 11.7. The highest BCUT2D eigenvalue weighted by molar-refractivity contribution is 5.99. The number of hydrogen-bond donors (Lipinski definition) is 4. The molecule has 0 atom stereocenters. The lowest BCUT2D eigenvalue weighted by Crippen LogP contribution is -2.15. The summed E-state index contributed by atoms with van der Waals surface area (Å²) < 4.78 is 26.4. The van der Waals surface area contributed by atoms with E-state index in [1.54, 1.807) is 0 Å². The quantitative estimate of drug-likeness (QED) is 0.0214. The second kappa shape index (κ2) is 40.1. The molecule has 0 aliphatic heterocycles. The predicted octanol–water partition coefficient (Wildman–Crippen LogP) is 15.6. The van der Waals surface area contributed by atoms with Crippen LogP contribution in [0.3, 0.4) is 0 Å². The van der Waals surface area contributed by atoms with Gasteiger partial charge in [0.05, 0.1) is 26.4 Å². The summed E-state index contributed by atoms with van der Waals surface area (Å²) in [4.78, 5) is 58.6. The van der Waals surface area contributed by atoms with Crippen LogP contribution >= 0.6 is 0 Å². The minimum absolute atomic E-state index is 0.0348. The number of ether oxygens (including phenoxy) is 4. The normalized spacial score (nSPS) is 12.1. The summed E-state index contributed by atoms with van der Waals surface area (Å²) in [5, 5.41) is 41.6. The standard InChI is InChI=1S/C72H104O12/c1-5-9-13-17-21-25-29-65(77)53-41-57-49-59-43-54(66(78)30-26-22-18-14-10-6-2)45-61(70(59)82-38-34-74)51-63-47-56(68(80)32-28-24-20-16-12-8-4)48-64(72(63)84-40-36-76)52-62-46-55(67(79)31-27-23-19-15-11-7-3)44-60(71(62)83-39-35-75)50-58(42-53)69(57)81-37-33-73/h41-48,73-76H,5-40,49-52H2,1-4H3. The molecule has 464 valence electrons. The lowest BCUT2D eigenvalue weighted by atomic mass is 9.86. The molecule has 4 N–H and O–H groups in total. The summed E-state index contributed by atoms with van der Waals surface area (Å²) in [5.41, 5.74) is 6.84. The Bertz CT molecular complexity index is 2180. The number of Topliss-reactive ketones (excluding diaryl/α,β-unsaturated/α-hetero) is 4. The molecule has 1 aliphatic rings. The summed E-state index contributed by atoms with van der Waals surface area (Å²) in [6, 6.07) is 14.9. The largest absolute Gasteiger partial charge is 0.491 e. The van der Waals surface area contributed by atoms with Gasteiger partial charge in [-0.1, -0.05) is 156 Å². The third-order valence-electron chi connectivity index (χ3n) is 16.2. The molecule has 0 fully saturated rings. The fourth-order valence-electron chi connectivity index (χ4n) is 11.7. The average Bonchev–Trinajstić information content (AvgIpc) is 3.26. The van der Waals surface area contributed by atoms with Gasteiger partial charge in [-0.05, 0) is 119 Å². The van der Waals surface area contributed by atoms with Crippen LogP contribution in [-0.2, 0) is 25.7 Å². The van der Waals surface area contributed by atoms with Crippen molar-refractivity contribution in [2.24, 2.45) is 0 Å². The van der Waals surface area contributed by atoms with E-state index in [1.807, 2.05) is 48.5 Å². The average molecular weight is 1160 g/mol. The summed E-state index contributed by atoms with van der Waals surface area (Å²) in [7, 11) is 0. The van der Waals surface area contributed by atoms with Gasteiger partial charge in [0.1, 0.15) is 49.4 Å². The molecule has 5 rings (SSSR count). The maximum Gasteiger partial charge on any atom is 0.162 e. The van der Waals surface area contributed by atoms with E-state index in [0.717, 1.165) is 154 Å². The molecule has 0 heterocycles. The third-order valence-corrected chi connectivity index (χ3v) is 16.2. The van der Waals surface area contributed by atoms with Crippen molar-refractivity contribution in [3.63, 3.8) is 0 Å². The Morgan fingerprint density at radius 1 is 0.286 bits per heavy atom. The van der Waals surface area contributed by atoms with Crippen LogP contribution in [0.2, 0.25) is 0 Å². The van der Waals surface area contributed by atoms with Gasteiger partial charge in [0, 0.05) is 73.6 Å². The van der Waals surface area contributed by atoms with Gasteiger partial charge >= 0.3 is 0 Å². The first-order valence-electron chi connectivity index (χ1n) is 32.7. The molecule has 12 heteroatoms. The van der Waals surface area contributed by atoms with Crippen molar-refractivity contribution in [3.8, 4) is 23.0 Å². The van der Waals surface area contributed by atoms with E-state index in [2.05, 4.69) is 27.7 Å². The van der Waals surface area contributed by atoms with Gasteiger partial charge < -0.3 is 39.4 Å². The van der Waals surface area contributed by atoms with Crippen LogP contribution in [0.5, 0.6) is 23.0 Å². The number of hydrogen-bond acceptors (Lipinski definition) is 12. The van der Waals surface area contributed by atoms with E-state index < -0.39 is 0 Å².